The van der Waals surface area contributed by atoms with Gasteiger partial charge in [-0.25, -0.2) is 0 Å². The second-order valence-electron chi connectivity index (χ2n) is 16.8. The first kappa shape index (κ1) is 34.6. The summed E-state index contributed by atoms with van der Waals surface area (Å²) in [6.45, 7) is 4.73. The quantitative estimate of drug-likeness (QED) is 0.168. The zero-order valence-electron chi connectivity index (χ0n) is 33.6. The van der Waals surface area contributed by atoms with E-state index in [1.165, 1.54) is 61.2 Å². The minimum absolute atomic E-state index is 0.180. The molecule has 0 saturated heterocycles. The van der Waals surface area contributed by atoms with Crippen LogP contribution in [-0.2, 0) is 10.8 Å². The van der Waals surface area contributed by atoms with Crippen LogP contribution in [0.5, 0.6) is 0 Å². The molecule has 0 amide bonds. The van der Waals surface area contributed by atoms with Crippen molar-refractivity contribution in [3.8, 4) is 33.4 Å². The summed E-state index contributed by atoms with van der Waals surface area (Å²) in [7, 11) is 0. The van der Waals surface area contributed by atoms with Crippen LogP contribution in [0.1, 0.15) is 47.2 Å². The molecule has 0 fully saturated rings. The molecule has 9 aromatic carbocycles. The van der Waals surface area contributed by atoms with Gasteiger partial charge in [-0.1, -0.05) is 184 Å². The fraction of sp³-hybridized carbons (Fsp3) is 0.0690. The van der Waals surface area contributed by atoms with E-state index in [0.717, 1.165) is 44.6 Å². The maximum atomic E-state index is 6.74. The largest absolute Gasteiger partial charge is 0.456 e. The van der Waals surface area contributed by atoms with Crippen molar-refractivity contribution in [2.24, 2.45) is 0 Å². The van der Waals surface area contributed by atoms with Gasteiger partial charge in [-0.2, -0.15) is 0 Å². The van der Waals surface area contributed by atoms with Crippen molar-refractivity contribution in [2.75, 3.05) is 4.90 Å². The Bertz CT molecular complexity index is 3250. The van der Waals surface area contributed by atoms with Gasteiger partial charge in [-0.15, -0.1) is 0 Å². The number of nitrogens with zero attached hydrogens (tertiary/aromatic N) is 1. The van der Waals surface area contributed by atoms with Crippen LogP contribution in [0.3, 0.4) is 0 Å². The van der Waals surface area contributed by atoms with Crippen LogP contribution in [0.2, 0.25) is 0 Å². The fourth-order valence-corrected chi connectivity index (χ4v) is 10.7. The summed E-state index contributed by atoms with van der Waals surface area (Å²) in [4.78, 5) is 2.52. The molecule has 2 heteroatoms. The second kappa shape index (κ2) is 13.0. The summed E-state index contributed by atoms with van der Waals surface area (Å²) in [6.07, 6.45) is 0. The van der Waals surface area contributed by atoms with Crippen LogP contribution in [0.15, 0.2) is 217 Å². The van der Waals surface area contributed by atoms with Gasteiger partial charge in [0.1, 0.15) is 11.2 Å². The molecule has 10 aromatic rings. The van der Waals surface area contributed by atoms with Crippen LogP contribution in [0.25, 0.3) is 55.3 Å². The predicted molar refractivity (Wildman–Crippen MR) is 249 cm³/mol. The Labute approximate surface area is 350 Å². The van der Waals surface area contributed by atoms with Crippen molar-refractivity contribution >= 4 is 39.0 Å². The van der Waals surface area contributed by atoms with E-state index < -0.39 is 5.41 Å². The van der Waals surface area contributed by atoms with Gasteiger partial charge in [-0.05, 0) is 109 Å². The molecule has 1 aromatic heterocycles. The van der Waals surface area contributed by atoms with Gasteiger partial charge in [0.2, 0.25) is 0 Å². The fourth-order valence-electron chi connectivity index (χ4n) is 10.7. The monoisotopic (exact) mass is 767 g/mol. The summed E-state index contributed by atoms with van der Waals surface area (Å²) in [6, 6.07) is 78.1. The summed E-state index contributed by atoms with van der Waals surface area (Å²) in [5.74, 6) is 0. The molecule has 0 N–H and O–H groups in total. The van der Waals surface area contributed by atoms with Crippen LogP contribution in [0.4, 0.5) is 17.1 Å². The Morgan fingerprint density at radius 3 is 1.67 bits per heavy atom. The molecule has 0 spiro atoms. The first-order valence-electron chi connectivity index (χ1n) is 20.9. The zero-order chi connectivity index (χ0) is 40.0. The van der Waals surface area contributed by atoms with E-state index >= 15 is 0 Å². The molecule has 0 unspecified atom stereocenters. The number of para-hydroxylation sites is 1. The summed E-state index contributed by atoms with van der Waals surface area (Å²) >= 11 is 0. The average Bonchev–Trinajstić information content (AvgIpc) is 3.91. The van der Waals surface area contributed by atoms with Gasteiger partial charge < -0.3 is 9.32 Å². The highest BCUT2D eigenvalue weighted by Gasteiger charge is 2.48. The smallest absolute Gasteiger partial charge is 0.137 e. The van der Waals surface area contributed by atoms with Gasteiger partial charge >= 0.3 is 0 Å². The van der Waals surface area contributed by atoms with E-state index in [1.54, 1.807) is 0 Å². The Balaban J connectivity index is 1.19. The number of rotatable bonds is 6. The van der Waals surface area contributed by atoms with Crippen LogP contribution in [-0.4, -0.2) is 0 Å². The highest BCUT2D eigenvalue weighted by molar-refractivity contribution is 6.14. The van der Waals surface area contributed by atoms with Gasteiger partial charge in [0.25, 0.3) is 0 Å². The van der Waals surface area contributed by atoms with Gasteiger partial charge in [0.05, 0.1) is 22.2 Å². The van der Waals surface area contributed by atoms with Crippen molar-refractivity contribution in [3.63, 3.8) is 0 Å². The lowest BCUT2D eigenvalue weighted by atomic mass is 9.67. The molecule has 2 nitrogen and oxygen atoms in total. The highest BCUT2D eigenvalue weighted by Crippen LogP contribution is 2.59. The third-order valence-electron chi connectivity index (χ3n) is 13.4. The topological polar surface area (TPSA) is 16.4 Å². The second-order valence-corrected chi connectivity index (χ2v) is 16.8. The normalized spacial score (nSPS) is 14.1. The highest BCUT2D eigenvalue weighted by atomic mass is 16.3. The third kappa shape index (κ3) is 4.82. The Kier molecular flexibility index (Phi) is 7.52. The molecule has 12 rings (SSSR count). The number of anilines is 3. The van der Waals surface area contributed by atoms with Crippen LogP contribution < -0.4 is 4.90 Å². The zero-order valence-corrected chi connectivity index (χ0v) is 33.6. The molecule has 0 aliphatic heterocycles. The van der Waals surface area contributed by atoms with Gasteiger partial charge in [0.15, 0.2) is 0 Å². The van der Waals surface area contributed by atoms with Gasteiger partial charge in [0, 0.05) is 16.5 Å². The first-order chi connectivity index (χ1) is 29.5. The van der Waals surface area contributed by atoms with Crippen molar-refractivity contribution in [1.82, 2.24) is 0 Å². The first-order valence-corrected chi connectivity index (χ1v) is 20.9. The Morgan fingerprint density at radius 2 is 0.950 bits per heavy atom. The molecule has 1 heterocycles. The Hall–Kier alpha value is -7.42. The van der Waals surface area contributed by atoms with E-state index in [0.29, 0.717) is 0 Å². The standard InChI is InChI=1S/C58H41NO/c1-57(2)47-25-12-9-22-42(47)45-34-33-41(37-51(45)57)59(53-30-17-31-55-56(53)46-36-39(32-35-54(46)60-55)38-18-5-3-6-19-38)52-29-16-15-28-50(52)58(40-20-7-4-8-21-40)48-26-13-10-23-43(48)44-24-11-14-27-49(44)58/h3-37H,1-2H3. The SMILES string of the molecule is CC1(C)c2ccccc2-c2ccc(N(c3ccccc3C3(c4ccccc4)c4ccccc4-c4ccccc43)c3cccc4oc5ccc(-c6ccccc6)cc5c34)cc21. The maximum Gasteiger partial charge on any atom is 0.137 e. The number of benzene rings is 9. The summed E-state index contributed by atoms with van der Waals surface area (Å²) < 4.78 is 6.74. The molecule has 2 aliphatic rings. The molecule has 60 heavy (non-hydrogen) atoms. The lowest BCUT2D eigenvalue weighted by Gasteiger charge is -2.38. The minimum atomic E-state index is -0.609. The van der Waals surface area contributed by atoms with E-state index in [9.17, 15) is 0 Å². The summed E-state index contributed by atoms with van der Waals surface area (Å²) in [5.41, 5.74) is 19.4. The number of hydrogen-bond donors (Lipinski definition) is 0. The average molecular weight is 768 g/mol. The molecule has 2 aliphatic carbocycles. The van der Waals surface area contributed by atoms with E-state index in [-0.39, 0.29) is 5.41 Å². The van der Waals surface area contributed by atoms with E-state index in [4.69, 9.17) is 4.42 Å². The number of furan rings is 1. The molecule has 0 atom stereocenters. The molecular formula is C58H41NO. The lowest BCUT2D eigenvalue weighted by molar-refractivity contribution is 0.660. The number of hydrogen-bond acceptors (Lipinski definition) is 2. The van der Waals surface area contributed by atoms with Crippen LogP contribution in [0, 0.1) is 0 Å². The van der Waals surface area contributed by atoms with Crippen molar-refractivity contribution < 1.29 is 4.42 Å². The minimum Gasteiger partial charge on any atom is -0.456 e. The lowest BCUT2D eigenvalue weighted by Crippen LogP contribution is -2.30. The van der Waals surface area contributed by atoms with E-state index in [2.05, 4.69) is 231 Å². The predicted octanol–water partition coefficient (Wildman–Crippen LogP) is 15.4. The van der Waals surface area contributed by atoms with Crippen molar-refractivity contribution in [3.05, 3.63) is 246 Å². The van der Waals surface area contributed by atoms with Crippen molar-refractivity contribution in [1.29, 1.82) is 0 Å². The number of fused-ring (bicyclic) bond motifs is 9. The Morgan fingerprint density at radius 1 is 0.383 bits per heavy atom. The third-order valence-corrected chi connectivity index (χ3v) is 13.4. The van der Waals surface area contributed by atoms with Crippen LogP contribution >= 0.6 is 0 Å². The maximum absolute atomic E-state index is 6.74. The molecule has 284 valence electrons. The molecule has 0 bridgehead atoms. The molecule has 0 saturated carbocycles. The van der Waals surface area contributed by atoms with Crippen molar-refractivity contribution in [2.45, 2.75) is 24.7 Å². The molecular weight excluding hydrogens is 727 g/mol. The van der Waals surface area contributed by atoms with E-state index in [1.807, 2.05) is 0 Å². The van der Waals surface area contributed by atoms with Gasteiger partial charge in [-0.3, -0.25) is 0 Å². The molecule has 0 radical (unpaired) electrons. The summed E-state index contributed by atoms with van der Waals surface area (Å²) in [5, 5.41) is 2.18.